The number of anilines is 1. The smallest absolute Gasteiger partial charge is 0.236 e. The fourth-order valence-electron chi connectivity index (χ4n) is 0.790. The van der Waals surface area contributed by atoms with Crippen molar-refractivity contribution in [1.29, 1.82) is 0 Å². The maximum Gasteiger partial charge on any atom is 0.236 e. The largest absolute Gasteiger partial charge is 0.310 e. The van der Waals surface area contributed by atoms with Gasteiger partial charge in [0.2, 0.25) is 5.91 Å². The van der Waals surface area contributed by atoms with E-state index in [1.54, 1.807) is 19.1 Å². The van der Waals surface area contributed by atoms with Crippen LogP contribution in [0.2, 0.25) is 5.02 Å². The molecule has 1 amide bonds. The molecule has 0 aliphatic rings. The van der Waals surface area contributed by atoms with Gasteiger partial charge in [-0.15, -0.1) is 0 Å². The Morgan fingerprint density at radius 3 is 2.92 bits per heavy atom. The van der Waals surface area contributed by atoms with E-state index in [1.807, 2.05) is 0 Å². The van der Waals surface area contributed by atoms with Crippen LogP contribution in [-0.2, 0) is 4.79 Å². The van der Waals surface area contributed by atoms with Gasteiger partial charge in [0.1, 0.15) is 5.82 Å². The Bertz CT molecular complexity index is 330. The summed E-state index contributed by atoms with van der Waals surface area (Å²) in [6.45, 7) is 1.78. The van der Waals surface area contributed by atoms with E-state index in [0.29, 0.717) is 16.5 Å². The molecule has 0 bridgehead atoms. The van der Waals surface area contributed by atoms with Crippen molar-refractivity contribution in [3.63, 3.8) is 0 Å². The van der Waals surface area contributed by atoms with E-state index in [0.717, 1.165) is 0 Å². The molecule has 0 fully saturated rings. The first kappa shape index (κ1) is 10.5. The van der Waals surface area contributed by atoms with Crippen LogP contribution in [0.4, 0.5) is 5.82 Å². The van der Waals surface area contributed by atoms with Crippen LogP contribution in [-0.4, -0.2) is 16.2 Å². The van der Waals surface area contributed by atoms with Crippen LogP contribution in [0, 0.1) is 6.92 Å². The summed E-state index contributed by atoms with van der Waals surface area (Å²) in [6.07, 6.45) is 0. The standard InChI is InChI=1S/C8H8BrClN2O/c1-5-6(10)2-3-7(11-5)12-8(13)4-9/h2-3H,4H2,1H3,(H,11,12,13). The molecule has 0 spiro atoms. The third kappa shape index (κ3) is 2.97. The number of hydrogen-bond donors (Lipinski definition) is 1. The fourth-order valence-corrected chi connectivity index (χ4v) is 1.04. The van der Waals surface area contributed by atoms with Gasteiger partial charge in [-0.05, 0) is 19.1 Å². The number of aromatic nitrogens is 1. The highest BCUT2D eigenvalue weighted by atomic mass is 79.9. The number of nitrogens with one attached hydrogen (secondary N) is 1. The van der Waals surface area contributed by atoms with Crippen LogP contribution in [0.5, 0.6) is 0 Å². The molecule has 13 heavy (non-hydrogen) atoms. The summed E-state index contributed by atoms with van der Waals surface area (Å²) in [5.74, 6) is 0.389. The Kier molecular flexibility index (Phi) is 3.69. The van der Waals surface area contributed by atoms with Gasteiger partial charge in [-0.2, -0.15) is 0 Å². The Balaban J connectivity index is 2.79. The number of rotatable bonds is 2. The molecule has 5 heteroatoms. The first-order valence-electron chi connectivity index (χ1n) is 3.62. The molecule has 0 aliphatic heterocycles. The van der Waals surface area contributed by atoms with Gasteiger partial charge in [-0.1, -0.05) is 27.5 Å². The molecule has 1 aromatic heterocycles. The zero-order valence-corrected chi connectivity index (χ0v) is 9.32. The minimum absolute atomic E-state index is 0.130. The van der Waals surface area contributed by atoms with E-state index < -0.39 is 0 Å². The topological polar surface area (TPSA) is 42.0 Å². The van der Waals surface area contributed by atoms with Crippen molar-refractivity contribution in [2.24, 2.45) is 0 Å². The molecule has 0 aromatic carbocycles. The van der Waals surface area contributed by atoms with Gasteiger partial charge in [0.25, 0.3) is 0 Å². The van der Waals surface area contributed by atoms with Gasteiger partial charge >= 0.3 is 0 Å². The van der Waals surface area contributed by atoms with Gasteiger partial charge in [-0.25, -0.2) is 4.98 Å². The molecule has 1 heterocycles. The van der Waals surface area contributed by atoms with Gasteiger partial charge in [0.05, 0.1) is 16.0 Å². The van der Waals surface area contributed by atoms with Crippen LogP contribution in [0.1, 0.15) is 5.69 Å². The number of amides is 1. The molecule has 1 rings (SSSR count). The Hall–Kier alpha value is -0.610. The van der Waals surface area contributed by atoms with Gasteiger partial charge < -0.3 is 5.32 Å². The molecule has 0 unspecified atom stereocenters. The minimum Gasteiger partial charge on any atom is -0.310 e. The van der Waals surface area contributed by atoms with Gasteiger partial charge in [0.15, 0.2) is 0 Å². The second-order valence-electron chi connectivity index (χ2n) is 2.45. The van der Waals surface area contributed by atoms with Crippen molar-refractivity contribution in [1.82, 2.24) is 4.98 Å². The molecule has 1 N–H and O–H groups in total. The third-order valence-corrected chi connectivity index (χ3v) is 2.32. The van der Waals surface area contributed by atoms with Crippen molar-refractivity contribution in [2.75, 3.05) is 10.6 Å². The normalized spacial score (nSPS) is 9.77. The molecular weight excluding hydrogens is 255 g/mol. The van der Waals surface area contributed by atoms with E-state index in [-0.39, 0.29) is 11.2 Å². The number of halogens is 2. The zero-order valence-electron chi connectivity index (χ0n) is 6.97. The average molecular weight is 264 g/mol. The summed E-state index contributed by atoms with van der Waals surface area (Å²) >= 11 is 8.81. The van der Waals surface area contributed by atoms with Crippen molar-refractivity contribution in [3.8, 4) is 0 Å². The summed E-state index contributed by atoms with van der Waals surface area (Å²) < 4.78 is 0. The predicted molar refractivity (Wildman–Crippen MR) is 56.4 cm³/mol. The van der Waals surface area contributed by atoms with Gasteiger partial charge in [-0.3, -0.25) is 4.79 Å². The summed E-state index contributed by atoms with van der Waals surface area (Å²) in [5.41, 5.74) is 0.703. The third-order valence-electron chi connectivity index (χ3n) is 1.41. The number of carbonyl (C=O) groups is 1. The van der Waals surface area contributed by atoms with Crippen LogP contribution in [0.25, 0.3) is 0 Å². The molecule has 0 saturated carbocycles. The van der Waals surface area contributed by atoms with Crippen molar-refractivity contribution in [2.45, 2.75) is 6.92 Å². The SMILES string of the molecule is Cc1nc(NC(=O)CBr)ccc1Cl. The number of pyridine rings is 1. The monoisotopic (exact) mass is 262 g/mol. The van der Waals surface area contributed by atoms with Crippen LogP contribution in [0.15, 0.2) is 12.1 Å². The van der Waals surface area contributed by atoms with Gasteiger partial charge in [0, 0.05) is 0 Å². The minimum atomic E-state index is -0.130. The molecule has 0 aliphatic carbocycles. The summed E-state index contributed by atoms with van der Waals surface area (Å²) in [6, 6.07) is 3.36. The van der Waals surface area contributed by atoms with E-state index in [4.69, 9.17) is 11.6 Å². The molecule has 1 aromatic rings. The number of nitrogens with zero attached hydrogens (tertiary/aromatic N) is 1. The molecule has 70 valence electrons. The number of hydrogen-bond acceptors (Lipinski definition) is 2. The highest BCUT2D eigenvalue weighted by Crippen LogP contribution is 2.15. The highest BCUT2D eigenvalue weighted by molar-refractivity contribution is 9.09. The molecule has 0 radical (unpaired) electrons. The number of alkyl halides is 1. The molecule has 0 saturated heterocycles. The lowest BCUT2D eigenvalue weighted by atomic mass is 10.3. The van der Waals surface area contributed by atoms with Crippen molar-refractivity contribution >= 4 is 39.3 Å². The second kappa shape index (κ2) is 4.58. The average Bonchev–Trinajstić information content (AvgIpc) is 2.11. The molecular formula is C8H8BrClN2O. The highest BCUT2D eigenvalue weighted by Gasteiger charge is 2.02. The Morgan fingerprint density at radius 1 is 1.69 bits per heavy atom. The van der Waals surface area contributed by atoms with Crippen LogP contribution < -0.4 is 5.32 Å². The van der Waals surface area contributed by atoms with E-state index in [9.17, 15) is 4.79 Å². The first-order chi connectivity index (χ1) is 6.13. The van der Waals surface area contributed by atoms with Crippen molar-refractivity contribution < 1.29 is 4.79 Å². The zero-order chi connectivity index (χ0) is 9.84. The first-order valence-corrected chi connectivity index (χ1v) is 5.12. The van der Waals surface area contributed by atoms with E-state index >= 15 is 0 Å². The maximum absolute atomic E-state index is 10.9. The lowest BCUT2D eigenvalue weighted by molar-refractivity contribution is -0.113. The Labute approximate surface area is 89.6 Å². The number of aryl methyl sites for hydroxylation is 1. The maximum atomic E-state index is 10.9. The van der Waals surface area contributed by atoms with Crippen molar-refractivity contribution in [3.05, 3.63) is 22.8 Å². The van der Waals surface area contributed by atoms with Crippen LogP contribution in [0.3, 0.4) is 0 Å². The molecule has 3 nitrogen and oxygen atoms in total. The lowest BCUT2D eigenvalue weighted by Crippen LogP contribution is -2.13. The Morgan fingerprint density at radius 2 is 2.38 bits per heavy atom. The predicted octanol–water partition coefficient (Wildman–Crippen LogP) is 2.38. The fraction of sp³-hybridized carbons (Fsp3) is 0.250. The van der Waals surface area contributed by atoms with Crippen LogP contribution >= 0.6 is 27.5 Å². The second-order valence-corrected chi connectivity index (χ2v) is 3.41. The lowest BCUT2D eigenvalue weighted by Gasteiger charge is -2.03. The molecule has 0 atom stereocenters. The number of carbonyl (C=O) groups excluding carboxylic acids is 1. The summed E-state index contributed by atoms with van der Waals surface area (Å²) in [7, 11) is 0. The van der Waals surface area contributed by atoms with E-state index in [2.05, 4.69) is 26.2 Å². The quantitative estimate of drug-likeness (QED) is 0.833. The summed E-state index contributed by atoms with van der Waals surface area (Å²) in [4.78, 5) is 15.0. The summed E-state index contributed by atoms with van der Waals surface area (Å²) in [5, 5.41) is 3.46. The van der Waals surface area contributed by atoms with E-state index in [1.165, 1.54) is 0 Å².